The Bertz CT molecular complexity index is 1440. The van der Waals surface area contributed by atoms with Crippen LogP contribution < -0.4 is 21.1 Å². The summed E-state index contributed by atoms with van der Waals surface area (Å²) in [7, 11) is 1.65. The molecule has 2 aromatic heterocycles. The predicted octanol–water partition coefficient (Wildman–Crippen LogP) is 5.50. The standard InChI is InChI=1S/C24H20N4O3S/c1-30-16-7-8-19-22(12-16)32-24(28-19)26-13-14-6-9-20-15(10-14)11-21(31-20)23(29)27-18-5-3-2-4-17(18)25/h2-12H,13,25H2,1H3,(H,26,28)(H,27,29). The number of furan rings is 1. The van der Waals surface area contributed by atoms with Gasteiger partial charge in [-0.15, -0.1) is 0 Å². The van der Waals surface area contributed by atoms with Crippen molar-refractivity contribution < 1.29 is 13.9 Å². The molecule has 0 aliphatic rings. The van der Waals surface area contributed by atoms with E-state index in [1.165, 1.54) is 0 Å². The molecule has 0 saturated heterocycles. The average molecular weight is 445 g/mol. The summed E-state index contributed by atoms with van der Waals surface area (Å²) < 4.78 is 12.1. The van der Waals surface area contributed by atoms with Crippen LogP contribution in [0, 0.1) is 0 Å². The fourth-order valence-corrected chi connectivity index (χ4v) is 4.28. The molecule has 0 fully saturated rings. The number of fused-ring (bicyclic) bond motifs is 2. The van der Waals surface area contributed by atoms with E-state index in [0.29, 0.717) is 23.5 Å². The Morgan fingerprint density at radius 3 is 2.84 bits per heavy atom. The summed E-state index contributed by atoms with van der Waals surface area (Å²) in [6.07, 6.45) is 0. The Kier molecular flexibility index (Phi) is 5.12. The molecule has 5 rings (SSSR count). The van der Waals surface area contributed by atoms with Gasteiger partial charge in [0.15, 0.2) is 10.9 Å². The van der Waals surface area contributed by atoms with E-state index < -0.39 is 0 Å². The number of anilines is 3. The number of carbonyl (C=O) groups is 1. The van der Waals surface area contributed by atoms with Gasteiger partial charge in [-0.05, 0) is 54.1 Å². The normalized spacial score (nSPS) is 11.0. The summed E-state index contributed by atoms with van der Waals surface area (Å²) >= 11 is 1.58. The van der Waals surface area contributed by atoms with E-state index in [0.717, 1.165) is 32.0 Å². The van der Waals surface area contributed by atoms with Crippen LogP contribution in [0.4, 0.5) is 16.5 Å². The third kappa shape index (κ3) is 3.95. The molecule has 160 valence electrons. The molecule has 0 atom stereocenters. The summed E-state index contributed by atoms with van der Waals surface area (Å²) in [4.78, 5) is 17.2. The van der Waals surface area contributed by atoms with Crippen LogP contribution in [-0.2, 0) is 6.54 Å². The maximum Gasteiger partial charge on any atom is 0.291 e. The van der Waals surface area contributed by atoms with Crippen LogP contribution in [0.25, 0.3) is 21.2 Å². The van der Waals surface area contributed by atoms with E-state index in [4.69, 9.17) is 14.9 Å². The molecule has 0 aliphatic carbocycles. The molecule has 32 heavy (non-hydrogen) atoms. The minimum absolute atomic E-state index is 0.230. The lowest BCUT2D eigenvalue weighted by Crippen LogP contribution is -2.12. The van der Waals surface area contributed by atoms with Gasteiger partial charge in [-0.3, -0.25) is 4.79 Å². The molecular formula is C24H20N4O3S. The van der Waals surface area contributed by atoms with Gasteiger partial charge in [0.05, 0.1) is 28.7 Å². The van der Waals surface area contributed by atoms with Crippen LogP contribution in [0.2, 0.25) is 0 Å². The van der Waals surface area contributed by atoms with Crippen molar-refractivity contribution in [2.24, 2.45) is 0 Å². The van der Waals surface area contributed by atoms with Gasteiger partial charge in [-0.2, -0.15) is 0 Å². The summed E-state index contributed by atoms with van der Waals surface area (Å²) in [6, 6.07) is 20.5. The second kappa shape index (κ2) is 8.24. The van der Waals surface area contributed by atoms with Crippen molar-refractivity contribution in [3.63, 3.8) is 0 Å². The number of nitrogens with one attached hydrogen (secondary N) is 2. The van der Waals surface area contributed by atoms with Crippen molar-refractivity contribution in [2.45, 2.75) is 6.54 Å². The van der Waals surface area contributed by atoms with Crippen LogP contribution >= 0.6 is 11.3 Å². The van der Waals surface area contributed by atoms with Crippen LogP contribution in [-0.4, -0.2) is 18.0 Å². The van der Waals surface area contributed by atoms with E-state index in [2.05, 4.69) is 15.6 Å². The molecule has 7 nitrogen and oxygen atoms in total. The minimum atomic E-state index is -0.344. The maximum absolute atomic E-state index is 12.6. The van der Waals surface area contributed by atoms with E-state index >= 15 is 0 Å². The largest absolute Gasteiger partial charge is 0.497 e. The monoisotopic (exact) mass is 444 g/mol. The second-order valence-corrected chi connectivity index (χ2v) is 8.26. The Hall–Kier alpha value is -4.04. The first-order valence-corrected chi connectivity index (χ1v) is 10.8. The van der Waals surface area contributed by atoms with Gasteiger partial charge in [0, 0.05) is 11.9 Å². The fraction of sp³-hybridized carbons (Fsp3) is 0.0833. The first-order chi connectivity index (χ1) is 15.6. The molecule has 0 bridgehead atoms. The van der Waals surface area contributed by atoms with Crippen LogP contribution in [0.1, 0.15) is 16.1 Å². The molecule has 0 unspecified atom stereocenters. The third-order valence-corrected chi connectivity index (χ3v) is 6.03. The molecule has 0 saturated carbocycles. The van der Waals surface area contributed by atoms with E-state index in [-0.39, 0.29) is 11.7 Å². The molecule has 0 spiro atoms. The van der Waals surface area contributed by atoms with Crippen LogP contribution in [0.5, 0.6) is 5.75 Å². The van der Waals surface area contributed by atoms with E-state index in [1.807, 2.05) is 48.5 Å². The number of aromatic nitrogens is 1. The highest BCUT2D eigenvalue weighted by Crippen LogP contribution is 2.30. The minimum Gasteiger partial charge on any atom is -0.497 e. The molecule has 0 radical (unpaired) electrons. The number of para-hydroxylation sites is 2. The lowest BCUT2D eigenvalue weighted by Gasteiger charge is -2.05. The number of carbonyl (C=O) groups excluding carboxylic acids is 1. The number of methoxy groups -OCH3 is 1. The Morgan fingerprint density at radius 1 is 1.12 bits per heavy atom. The first-order valence-electron chi connectivity index (χ1n) is 9.96. The highest BCUT2D eigenvalue weighted by Gasteiger charge is 2.14. The summed E-state index contributed by atoms with van der Waals surface area (Å²) in [5.41, 5.74) is 9.58. The average Bonchev–Trinajstić information content (AvgIpc) is 3.42. The Morgan fingerprint density at radius 2 is 2.00 bits per heavy atom. The lowest BCUT2D eigenvalue weighted by atomic mass is 10.1. The first kappa shape index (κ1) is 19.9. The lowest BCUT2D eigenvalue weighted by molar-refractivity contribution is 0.0999. The molecule has 4 N–H and O–H groups in total. The topological polar surface area (TPSA) is 102 Å². The number of thiazole rings is 1. The van der Waals surface area contributed by atoms with Gasteiger partial charge in [0.2, 0.25) is 0 Å². The maximum atomic E-state index is 12.6. The van der Waals surface area contributed by atoms with Gasteiger partial charge in [-0.25, -0.2) is 4.98 Å². The Balaban J connectivity index is 1.30. The molecule has 1 amide bonds. The molecule has 8 heteroatoms. The molecule has 2 heterocycles. The zero-order valence-corrected chi connectivity index (χ0v) is 18.0. The quantitative estimate of drug-likeness (QED) is 0.299. The highest BCUT2D eigenvalue weighted by atomic mass is 32.1. The van der Waals surface area contributed by atoms with E-state index in [9.17, 15) is 4.79 Å². The molecule has 0 aliphatic heterocycles. The summed E-state index contributed by atoms with van der Waals surface area (Å²) in [5.74, 6) is 0.699. The third-order valence-electron chi connectivity index (χ3n) is 5.05. The van der Waals surface area contributed by atoms with Gasteiger partial charge in [-0.1, -0.05) is 29.5 Å². The summed E-state index contributed by atoms with van der Waals surface area (Å²) in [5, 5.41) is 7.83. The number of rotatable bonds is 6. The second-order valence-electron chi connectivity index (χ2n) is 7.23. The molecular weight excluding hydrogens is 424 g/mol. The number of nitrogens with zero attached hydrogens (tertiary/aromatic N) is 1. The van der Waals surface area contributed by atoms with Crippen LogP contribution in [0.3, 0.4) is 0 Å². The van der Waals surface area contributed by atoms with Crippen molar-refractivity contribution in [3.8, 4) is 5.75 Å². The number of nitrogen functional groups attached to an aromatic ring is 1. The number of hydrogen-bond donors (Lipinski definition) is 3. The fourth-order valence-electron chi connectivity index (χ4n) is 3.39. The predicted molar refractivity (Wildman–Crippen MR) is 129 cm³/mol. The highest BCUT2D eigenvalue weighted by molar-refractivity contribution is 7.22. The van der Waals surface area contributed by atoms with Gasteiger partial charge < -0.3 is 25.5 Å². The smallest absolute Gasteiger partial charge is 0.291 e. The van der Waals surface area contributed by atoms with Crippen molar-refractivity contribution >= 4 is 54.9 Å². The summed E-state index contributed by atoms with van der Waals surface area (Å²) in [6.45, 7) is 0.597. The number of hydrogen-bond acceptors (Lipinski definition) is 7. The number of ether oxygens (including phenoxy) is 1. The zero-order chi connectivity index (χ0) is 22.1. The zero-order valence-electron chi connectivity index (χ0n) is 17.2. The van der Waals surface area contributed by atoms with Crippen molar-refractivity contribution in [3.05, 3.63) is 78.1 Å². The van der Waals surface area contributed by atoms with Gasteiger partial charge in [0.25, 0.3) is 5.91 Å². The number of nitrogens with two attached hydrogens (primary N) is 1. The van der Waals surface area contributed by atoms with Crippen molar-refractivity contribution in [2.75, 3.05) is 23.5 Å². The van der Waals surface area contributed by atoms with Crippen molar-refractivity contribution in [1.29, 1.82) is 0 Å². The van der Waals surface area contributed by atoms with E-state index in [1.54, 1.807) is 36.6 Å². The Labute approximate surface area is 187 Å². The molecule has 3 aromatic carbocycles. The van der Waals surface area contributed by atoms with Crippen molar-refractivity contribution in [1.82, 2.24) is 4.98 Å². The van der Waals surface area contributed by atoms with Crippen LogP contribution in [0.15, 0.2) is 71.1 Å². The number of amides is 1. The van der Waals surface area contributed by atoms with Gasteiger partial charge >= 0.3 is 0 Å². The SMILES string of the molecule is COc1ccc2nc(NCc3ccc4oc(C(=O)Nc5ccccc5N)cc4c3)sc2c1. The van der Waals surface area contributed by atoms with Gasteiger partial charge in [0.1, 0.15) is 11.3 Å². The number of benzene rings is 3. The molecule has 5 aromatic rings.